The summed E-state index contributed by atoms with van der Waals surface area (Å²) in [5, 5.41) is 0. The molecular formula is C21H23F3N4O2. The maximum absolute atomic E-state index is 13.1. The summed E-state index contributed by atoms with van der Waals surface area (Å²) in [5.41, 5.74) is 11.5. The van der Waals surface area contributed by atoms with Crippen molar-refractivity contribution in [3.8, 4) is 0 Å². The van der Waals surface area contributed by atoms with Crippen LogP contribution in [0, 0.1) is 6.92 Å². The highest BCUT2D eigenvalue weighted by molar-refractivity contribution is 6.01. The summed E-state index contributed by atoms with van der Waals surface area (Å²) in [6.07, 6.45) is -4.15. The van der Waals surface area contributed by atoms with Crippen LogP contribution in [-0.2, 0) is 6.18 Å². The summed E-state index contributed by atoms with van der Waals surface area (Å²) >= 11 is 0. The fourth-order valence-corrected chi connectivity index (χ4v) is 3.53. The van der Waals surface area contributed by atoms with Gasteiger partial charge in [0.05, 0.1) is 22.4 Å². The minimum absolute atomic E-state index is 0.186. The van der Waals surface area contributed by atoms with Crippen LogP contribution in [0.5, 0.6) is 0 Å². The van der Waals surface area contributed by atoms with Gasteiger partial charge in [-0.15, -0.1) is 0 Å². The largest absolute Gasteiger partial charge is 0.418 e. The molecule has 2 amide bonds. The molecule has 0 spiro atoms. The molecule has 0 aromatic heterocycles. The first-order chi connectivity index (χ1) is 14.1. The van der Waals surface area contributed by atoms with Crippen LogP contribution in [0.3, 0.4) is 0 Å². The number of carbonyl (C=O) groups excluding carboxylic acids is 2. The van der Waals surface area contributed by atoms with Crippen LogP contribution in [0.2, 0.25) is 0 Å². The molecule has 3 rings (SSSR count). The van der Waals surface area contributed by atoms with E-state index in [9.17, 15) is 22.8 Å². The van der Waals surface area contributed by atoms with E-state index >= 15 is 0 Å². The molecule has 0 atom stereocenters. The monoisotopic (exact) mass is 420 g/mol. The number of aryl methyl sites for hydroxylation is 1. The second kappa shape index (κ2) is 8.25. The van der Waals surface area contributed by atoms with Gasteiger partial charge in [-0.1, -0.05) is 18.2 Å². The Morgan fingerprint density at radius 3 is 1.87 bits per heavy atom. The number of nitrogens with two attached hydrogens (primary N) is 2. The number of alkyl halides is 3. The zero-order valence-electron chi connectivity index (χ0n) is 16.5. The lowest BCUT2D eigenvalue weighted by atomic mass is 10.1. The Bertz CT molecular complexity index is 975. The highest BCUT2D eigenvalue weighted by Crippen LogP contribution is 2.35. The summed E-state index contributed by atoms with van der Waals surface area (Å²) < 4.78 is 39.3. The van der Waals surface area contributed by atoms with E-state index in [-0.39, 0.29) is 24.6 Å². The van der Waals surface area contributed by atoms with Gasteiger partial charge in [-0.05, 0) is 37.1 Å². The molecule has 1 aliphatic rings. The highest BCUT2D eigenvalue weighted by Gasteiger charge is 2.35. The van der Waals surface area contributed by atoms with Gasteiger partial charge >= 0.3 is 6.18 Å². The van der Waals surface area contributed by atoms with Crippen molar-refractivity contribution in [1.29, 1.82) is 0 Å². The summed E-state index contributed by atoms with van der Waals surface area (Å²) in [6, 6.07) is 8.52. The number of hydrogen-bond acceptors (Lipinski definition) is 4. The molecule has 30 heavy (non-hydrogen) atoms. The van der Waals surface area contributed by atoms with Crippen LogP contribution in [0.15, 0.2) is 36.4 Å². The molecule has 1 aliphatic heterocycles. The van der Waals surface area contributed by atoms with E-state index in [1.807, 2.05) is 13.0 Å². The van der Waals surface area contributed by atoms with Crippen LogP contribution in [0.25, 0.3) is 0 Å². The third kappa shape index (κ3) is 4.19. The summed E-state index contributed by atoms with van der Waals surface area (Å²) in [7, 11) is 0. The van der Waals surface area contributed by atoms with E-state index in [1.165, 1.54) is 17.0 Å². The third-order valence-corrected chi connectivity index (χ3v) is 5.27. The van der Waals surface area contributed by atoms with Gasteiger partial charge in [0.1, 0.15) is 0 Å². The molecule has 0 aliphatic carbocycles. The zero-order chi connectivity index (χ0) is 22.1. The van der Waals surface area contributed by atoms with Crippen molar-refractivity contribution in [1.82, 2.24) is 9.80 Å². The van der Waals surface area contributed by atoms with E-state index < -0.39 is 23.3 Å². The Hall–Kier alpha value is -3.23. The normalized spacial score (nSPS) is 15.1. The average Bonchev–Trinajstić information content (AvgIpc) is 2.94. The second-order valence-electron chi connectivity index (χ2n) is 7.24. The van der Waals surface area contributed by atoms with Crippen molar-refractivity contribution in [3.63, 3.8) is 0 Å². The molecule has 0 saturated carbocycles. The SMILES string of the molecule is Cc1cccc(C(=O)N2CCCN(C(=O)c3cccc(C(F)(F)F)c3N)CC2)c1N. The van der Waals surface area contributed by atoms with Crippen LogP contribution in [0.4, 0.5) is 24.5 Å². The molecule has 2 aromatic rings. The third-order valence-electron chi connectivity index (χ3n) is 5.27. The maximum atomic E-state index is 13.1. The van der Waals surface area contributed by atoms with Crippen molar-refractivity contribution in [3.05, 3.63) is 58.7 Å². The summed E-state index contributed by atoms with van der Waals surface area (Å²) in [5.74, 6) is -0.813. The molecule has 1 heterocycles. The smallest absolute Gasteiger partial charge is 0.398 e. The average molecular weight is 420 g/mol. The predicted molar refractivity (Wildman–Crippen MR) is 108 cm³/mol. The molecule has 0 radical (unpaired) electrons. The lowest BCUT2D eigenvalue weighted by Gasteiger charge is -2.24. The van der Waals surface area contributed by atoms with Gasteiger partial charge in [0.15, 0.2) is 0 Å². The molecule has 9 heteroatoms. The minimum atomic E-state index is -4.64. The Kier molecular flexibility index (Phi) is 5.91. The van der Waals surface area contributed by atoms with Crippen LogP contribution < -0.4 is 11.5 Å². The maximum Gasteiger partial charge on any atom is 0.418 e. The fourth-order valence-electron chi connectivity index (χ4n) is 3.53. The van der Waals surface area contributed by atoms with Gasteiger partial charge in [0, 0.05) is 31.9 Å². The zero-order valence-corrected chi connectivity index (χ0v) is 16.5. The fraction of sp³-hybridized carbons (Fsp3) is 0.333. The van der Waals surface area contributed by atoms with Gasteiger partial charge in [-0.3, -0.25) is 9.59 Å². The number of anilines is 2. The number of carbonyl (C=O) groups is 2. The van der Waals surface area contributed by atoms with Gasteiger partial charge in [0.25, 0.3) is 11.8 Å². The summed E-state index contributed by atoms with van der Waals surface area (Å²) in [4.78, 5) is 28.8. The highest BCUT2D eigenvalue weighted by atomic mass is 19.4. The topological polar surface area (TPSA) is 92.7 Å². The first-order valence-electron chi connectivity index (χ1n) is 9.50. The lowest BCUT2D eigenvalue weighted by Crippen LogP contribution is -2.38. The van der Waals surface area contributed by atoms with E-state index in [2.05, 4.69) is 0 Å². The van der Waals surface area contributed by atoms with E-state index in [4.69, 9.17) is 11.5 Å². The van der Waals surface area contributed by atoms with E-state index in [1.54, 1.807) is 17.0 Å². The van der Waals surface area contributed by atoms with E-state index in [0.29, 0.717) is 30.8 Å². The predicted octanol–water partition coefficient (Wildman–Crippen LogP) is 3.17. The molecule has 2 aromatic carbocycles. The van der Waals surface area contributed by atoms with Crippen molar-refractivity contribution in [2.75, 3.05) is 37.6 Å². The quantitative estimate of drug-likeness (QED) is 0.730. The van der Waals surface area contributed by atoms with Gasteiger partial charge in [-0.2, -0.15) is 13.2 Å². The second-order valence-corrected chi connectivity index (χ2v) is 7.24. The van der Waals surface area contributed by atoms with Crippen molar-refractivity contribution < 1.29 is 22.8 Å². The Morgan fingerprint density at radius 2 is 1.33 bits per heavy atom. The molecular weight excluding hydrogens is 397 g/mol. The number of benzene rings is 2. The van der Waals surface area contributed by atoms with Crippen molar-refractivity contribution in [2.24, 2.45) is 0 Å². The molecule has 6 nitrogen and oxygen atoms in total. The number of nitrogen functional groups attached to an aromatic ring is 2. The number of nitrogens with zero attached hydrogens (tertiary/aromatic N) is 2. The molecule has 160 valence electrons. The molecule has 4 N–H and O–H groups in total. The first kappa shape index (κ1) is 21.5. The van der Waals surface area contributed by atoms with E-state index in [0.717, 1.165) is 11.6 Å². The van der Waals surface area contributed by atoms with Gasteiger partial charge in [0.2, 0.25) is 0 Å². The Balaban J connectivity index is 1.76. The van der Waals surface area contributed by atoms with Gasteiger partial charge in [-0.25, -0.2) is 0 Å². The van der Waals surface area contributed by atoms with Gasteiger partial charge < -0.3 is 21.3 Å². The lowest BCUT2D eigenvalue weighted by molar-refractivity contribution is -0.136. The molecule has 1 saturated heterocycles. The number of para-hydroxylation sites is 2. The number of halogens is 3. The molecule has 0 bridgehead atoms. The standard InChI is InChI=1S/C21H23F3N4O2/c1-13-5-2-6-14(17(13)25)19(29)27-9-4-10-28(12-11-27)20(30)15-7-3-8-16(18(15)26)21(22,23)24/h2-3,5-8H,4,9-12,25-26H2,1H3. The molecule has 0 unspecified atom stereocenters. The van der Waals surface area contributed by atoms with Crippen LogP contribution in [0.1, 0.15) is 38.3 Å². The number of amides is 2. The van der Waals surface area contributed by atoms with Crippen LogP contribution >= 0.6 is 0 Å². The molecule has 1 fully saturated rings. The van der Waals surface area contributed by atoms with Crippen molar-refractivity contribution in [2.45, 2.75) is 19.5 Å². The minimum Gasteiger partial charge on any atom is -0.398 e. The summed E-state index contributed by atoms with van der Waals surface area (Å²) in [6.45, 7) is 2.97. The Morgan fingerprint density at radius 1 is 0.833 bits per heavy atom. The first-order valence-corrected chi connectivity index (χ1v) is 9.50. The van der Waals surface area contributed by atoms with Crippen LogP contribution in [-0.4, -0.2) is 47.8 Å². The van der Waals surface area contributed by atoms with Crippen molar-refractivity contribution >= 4 is 23.2 Å². The Labute approximate surface area is 172 Å². The number of hydrogen-bond donors (Lipinski definition) is 2. The number of rotatable bonds is 2.